The summed E-state index contributed by atoms with van der Waals surface area (Å²) in [4.78, 5) is 26.3. The zero-order chi connectivity index (χ0) is 19.4. The van der Waals surface area contributed by atoms with E-state index in [2.05, 4.69) is 5.32 Å². The molecule has 0 radical (unpaired) electrons. The van der Waals surface area contributed by atoms with Crippen molar-refractivity contribution in [2.24, 2.45) is 0 Å². The summed E-state index contributed by atoms with van der Waals surface area (Å²) in [5.74, 6) is 1.08. The molecule has 0 bridgehead atoms. The van der Waals surface area contributed by atoms with E-state index in [1.807, 2.05) is 18.2 Å². The molecule has 1 aliphatic rings. The number of nitrogens with zero attached hydrogens (tertiary/aromatic N) is 1. The molecular weight excluding hydrogens is 344 g/mol. The Kier molecular flexibility index (Phi) is 5.64. The molecule has 2 aromatic carbocycles. The van der Waals surface area contributed by atoms with Crippen molar-refractivity contribution in [3.05, 3.63) is 59.2 Å². The molecule has 6 heteroatoms. The number of methoxy groups -OCH3 is 2. The highest BCUT2D eigenvalue weighted by molar-refractivity contribution is 5.97. The van der Waals surface area contributed by atoms with Crippen molar-refractivity contribution in [1.82, 2.24) is 10.2 Å². The topological polar surface area (TPSA) is 67.9 Å². The fourth-order valence-electron chi connectivity index (χ4n) is 2.81. The van der Waals surface area contributed by atoms with Crippen LogP contribution in [0, 0.1) is 0 Å². The third-order valence-electron chi connectivity index (χ3n) is 4.52. The number of rotatable bonds is 7. The first-order valence-corrected chi connectivity index (χ1v) is 8.89. The lowest BCUT2D eigenvalue weighted by atomic mass is 10.1. The lowest BCUT2D eigenvalue weighted by molar-refractivity contribution is 0.0784. The van der Waals surface area contributed by atoms with Crippen LogP contribution in [0.5, 0.6) is 11.5 Å². The first kappa shape index (κ1) is 18.8. The maximum absolute atomic E-state index is 12.7. The molecule has 0 saturated heterocycles. The highest BCUT2D eigenvalue weighted by atomic mass is 16.5. The van der Waals surface area contributed by atoms with Gasteiger partial charge in [-0.3, -0.25) is 9.59 Å². The van der Waals surface area contributed by atoms with Crippen molar-refractivity contribution in [3.63, 3.8) is 0 Å². The largest absolute Gasteiger partial charge is 0.493 e. The quantitative estimate of drug-likeness (QED) is 0.816. The maximum atomic E-state index is 12.7. The minimum atomic E-state index is -0.112. The highest BCUT2D eigenvalue weighted by Crippen LogP contribution is 2.28. The average molecular weight is 368 g/mol. The molecule has 3 rings (SSSR count). The van der Waals surface area contributed by atoms with Crippen LogP contribution < -0.4 is 14.8 Å². The third kappa shape index (κ3) is 4.58. The minimum absolute atomic E-state index is 0.0878. The van der Waals surface area contributed by atoms with E-state index in [0.717, 1.165) is 18.4 Å². The molecule has 1 saturated carbocycles. The van der Waals surface area contributed by atoms with Crippen LogP contribution in [-0.4, -0.2) is 44.0 Å². The van der Waals surface area contributed by atoms with Gasteiger partial charge in [0.15, 0.2) is 11.5 Å². The van der Waals surface area contributed by atoms with Crippen molar-refractivity contribution >= 4 is 11.8 Å². The fraction of sp³-hybridized carbons (Fsp3) is 0.333. The summed E-state index contributed by atoms with van der Waals surface area (Å²) in [6.45, 7) is 0.434. The van der Waals surface area contributed by atoms with Crippen molar-refractivity contribution in [2.45, 2.75) is 25.4 Å². The van der Waals surface area contributed by atoms with Gasteiger partial charge in [0, 0.05) is 30.8 Å². The Bertz CT molecular complexity index is 829. The Hall–Kier alpha value is -3.02. The molecule has 1 N–H and O–H groups in total. The van der Waals surface area contributed by atoms with Crippen LogP contribution in [0.2, 0.25) is 0 Å². The number of carbonyl (C=O) groups excluding carboxylic acids is 2. The molecule has 2 aromatic rings. The van der Waals surface area contributed by atoms with Gasteiger partial charge in [-0.1, -0.05) is 6.07 Å². The normalized spacial score (nSPS) is 13.0. The van der Waals surface area contributed by atoms with E-state index >= 15 is 0 Å². The van der Waals surface area contributed by atoms with Crippen molar-refractivity contribution in [2.75, 3.05) is 21.3 Å². The van der Waals surface area contributed by atoms with E-state index in [4.69, 9.17) is 9.47 Å². The van der Waals surface area contributed by atoms with Gasteiger partial charge < -0.3 is 19.7 Å². The average Bonchev–Trinajstić information content (AvgIpc) is 3.51. The first-order valence-electron chi connectivity index (χ1n) is 8.89. The summed E-state index contributed by atoms with van der Waals surface area (Å²) in [5, 5.41) is 2.94. The van der Waals surface area contributed by atoms with Crippen molar-refractivity contribution in [1.29, 1.82) is 0 Å². The van der Waals surface area contributed by atoms with Crippen molar-refractivity contribution < 1.29 is 19.1 Å². The van der Waals surface area contributed by atoms with Crippen molar-refractivity contribution in [3.8, 4) is 11.5 Å². The van der Waals surface area contributed by atoms with Crippen LogP contribution in [0.1, 0.15) is 39.1 Å². The van der Waals surface area contributed by atoms with E-state index in [9.17, 15) is 9.59 Å². The second-order valence-electron chi connectivity index (χ2n) is 6.68. The highest BCUT2D eigenvalue weighted by Gasteiger charge is 2.24. The Morgan fingerprint density at radius 3 is 2.22 bits per heavy atom. The van der Waals surface area contributed by atoms with Gasteiger partial charge in [-0.05, 0) is 54.8 Å². The second-order valence-corrected chi connectivity index (χ2v) is 6.68. The molecule has 0 atom stereocenters. The number of amides is 2. The Balaban J connectivity index is 1.65. The molecular formula is C21H24N2O4. The van der Waals surface area contributed by atoms with Gasteiger partial charge in [-0.15, -0.1) is 0 Å². The van der Waals surface area contributed by atoms with E-state index in [1.165, 1.54) is 0 Å². The number of ether oxygens (including phenoxy) is 2. The zero-order valence-electron chi connectivity index (χ0n) is 15.8. The molecule has 0 aliphatic heterocycles. The Morgan fingerprint density at radius 1 is 1.00 bits per heavy atom. The van der Waals surface area contributed by atoms with E-state index in [0.29, 0.717) is 35.2 Å². The van der Waals surface area contributed by atoms with Gasteiger partial charge in [-0.25, -0.2) is 0 Å². The molecule has 1 fully saturated rings. The van der Waals surface area contributed by atoms with Gasteiger partial charge in [0.05, 0.1) is 14.2 Å². The third-order valence-corrected chi connectivity index (χ3v) is 4.52. The first-order chi connectivity index (χ1) is 13.0. The van der Waals surface area contributed by atoms with E-state index in [1.54, 1.807) is 50.4 Å². The molecule has 0 spiro atoms. The smallest absolute Gasteiger partial charge is 0.253 e. The number of hydrogen-bond acceptors (Lipinski definition) is 4. The minimum Gasteiger partial charge on any atom is -0.493 e. The summed E-state index contributed by atoms with van der Waals surface area (Å²) in [7, 11) is 4.91. The maximum Gasteiger partial charge on any atom is 0.253 e. The SMILES string of the molecule is COc1ccc(CN(C)C(=O)c2ccc(C(=O)NC3CC3)cc2)cc1OC. The predicted octanol–water partition coefficient (Wildman–Crippen LogP) is 2.87. The molecule has 27 heavy (non-hydrogen) atoms. The van der Waals surface area contributed by atoms with Gasteiger partial charge >= 0.3 is 0 Å². The number of carbonyl (C=O) groups is 2. The van der Waals surface area contributed by atoms with Gasteiger partial charge in [0.1, 0.15) is 0 Å². The monoisotopic (exact) mass is 368 g/mol. The number of nitrogens with one attached hydrogen (secondary N) is 1. The van der Waals surface area contributed by atoms with Gasteiger partial charge in [-0.2, -0.15) is 0 Å². The summed E-state index contributed by atoms with van der Waals surface area (Å²) in [6, 6.07) is 12.6. The molecule has 6 nitrogen and oxygen atoms in total. The Labute approximate surface area is 159 Å². The van der Waals surface area contributed by atoms with Gasteiger partial charge in [0.25, 0.3) is 11.8 Å². The van der Waals surface area contributed by atoms with Gasteiger partial charge in [0.2, 0.25) is 0 Å². The standard InChI is InChI=1S/C21H24N2O4/c1-23(13-14-4-11-18(26-2)19(12-14)27-3)21(25)16-7-5-15(6-8-16)20(24)22-17-9-10-17/h4-8,11-12,17H,9-10,13H2,1-3H3,(H,22,24). The molecule has 2 amide bonds. The summed E-state index contributed by atoms with van der Waals surface area (Å²) >= 11 is 0. The summed E-state index contributed by atoms with van der Waals surface area (Å²) in [5.41, 5.74) is 2.05. The van der Waals surface area contributed by atoms with Crippen LogP contribution in [0.3, 0.4) is 0 Å². The summed E-state index contributed by atoms with van der Waals surface area (Å²) < 4.78 is 10.5. The van der Waals surface area contributed by atoms with Crippen LogP contribution in [0.25, 0.3) is 0 Å². The zero-order valence-corrected chi connectivity index (χ0v) is 15.8. The summed E-state index contributed by atoms with van der Waals surface area (Å²) in [6.07, 6.45) is 2.09. The molecule has 142 valence electrons. The lowest BCUT2D eigenvalue weighted by Crippen LogP contribution is -2.27. The van der Waals surface area contributed by atoms with Crippen LogP contribution in [0.4, 0.5) is 0 Å². The molecule has 0 unspecified atom stereocenters. The van der Waals surface area contributed by atoms with E-state index < -0.39 is 0 Å². The lowest BCUT2D eigenvalue weighted by Gasteiger charge is -2.18. The second kappa shape index (κ2) is 8.12. The molecule has 1 aliphatic carbocycles. The molecule has 0 heterocycles. The predicted molar refractivity (Wildman–Crippen MR) is 102 cm³/mol. The Morgan fingerprint density at radius 2 is 1.63 bits per heavy atom. The van der Waals surface area contributed by atoms with Crippen LogP contribution >= 0.6 is 0 Å². The van der Waals surface area contributed by atoms with Crippen LogP contribution in [0.15, 0.2) is 42.5 Å². The fourth-order valence-corrected chi connectivity index (χ4v) is 2.81. The van der Waals surface area contributed by atoms with Crippen LogP contribution in [-0.2, 0) is 6.54 Å². The number of hydrogen-bond donors (Lipinski definition) is 1. The molecule has 0 aromatic heterocycles. The van der Waals surface area contributed by atoms with E-state index in [-0.39, 0.29) is 11.8 Å². The number of benzene rings is 2.